The molecule has 1 aromatic heterocycles. The van der Waals surface area contributed by atoms with Crippen LogP contribution in [0.1, 0.15) is 0 Å². The molecule has 0 radical (unpaired) electrons. The summed E-state index contributed by atoms with van der Waals surface area (Å²) < 4.78 is 7.18. The first-order valence-electron chi connectivity index (χ1n) is 9.01. The SMILES string of the molecule is O=C(Cn1ccc(=O)c2ccccc21)Nc1cccc(N2CCOCC2)c1. The van der Waals surface area contributed by atoms with Crippen molar-refractivity contribution in [2.45, 2.75) is 6.54 Å². The summed E-state index contributed by atoms with van der Waals surface area (Å²) in [5.74, 6) is -0.136. The summed E-state index contributed by atoms with van der Waals surface area (Å²) in [5.41, 5.74) is 2.54. The van der Waals surface area contributed by atoms with Crippen molar-refractivity contribution < 1.29 is 9.53 Å². The van der Waals surface area contributed by atoms with Crippen molar-refractivity contribution in [3.63, 3.8) is 0 Å². The van der Waals surface area contributed by atoms with E-state index < -0.39 is 0 Å². The molecule has 1 N–H and O–H groups in total. The van der Waals surface area contributed by atoms with E-state index >= 15 is 0 Å². The van der Waals surface area contributed by atoms with Gasteiger partial charge in [-0.05, 0) is 30.3 Å². The Labute approximate surface area is 157 Å². The zero-order chi connectivity index (χ0) is 18.6. The van der Waals surface area contributed by atoms with Crippen LogP contribution in [0.3, 0.4) is 0 Å². The Balaban J connectivity index is 1.50. The number of aromatic nitrogens is 1. The first kappa shape index (κ1) is 17.3. The number of morpholine rings is 1. The third-order valence-corrected chi connectivity index (χ3v) is 4.70. The molecule has 1 aliphatic heterocycles. The lowest BCUT2D eigenvalue weighted by Gasteiger charge is -2.29. The van der Waals surface area contributed by atoms with E-state index in [1.54, 1.807) is 16.8 Å². The van der Waals surface area contributed by atoms with Gasteiger partial charge in [0.1, 0.15) is 6.54 Å². The molecule has 6 heteroatoms. The maximum atomic E-state index is 12.6. The fraction of sp³-hybridized carbons (Fsp3) is 0.238. The average molecular weight is 363 g/mol. The molecule has 0 atom stereocenters. The molecule has 0 bridgehead atoms. The summed E-state index contributed by atoms with van der Waals surface area (Å²) in [6.07, 6.45) is 1.66. The molecule has 0 spiro atoms. The van der Waals surface area contributed by atoms with Gasteiger partial charge in [-0.15, -0.1) is 0 Å². The van der Waals surface area contributed by atoms with Crippen LogP contribution in [0.25, 0.3) is 10.9 Å². The van der Waals surface area contributed by atoms with Crippen LogP contribution in [0.4, 0.5) is 11.4 Å². The first-order valence-corrected chi connectivity index (χ1v) is 9.01. The second-order valence-corrected chi connectivity index (χ2v) is 6.52. The maximum Gasteiger partial charge on any atom is 0.244 e. The lowest BCUT2D eigenvalue weighted by molar-refractivity contribution is -0.116. The van der Waals surface area contributed by atoms with Gasteiger partial charge in [0.05, 0.1) is 18.7 Å². The van der Waals surface area contributed by atoms with Crippen LogP contribution in [-0.4, -0.2) is 36.8 Å². The number of carbonyl (C=O) groups excluding carboxylic acids is 1. The van der Waals surface area contributed by atoms with E-state index in [-0.39, 0.29) is 17.9 Å². The molecule has 27 heavy (non-hydrogen) atoms. The number of rotatable bonds is 4. The van der Waals surface area contributed by atoms with Crippen LogP contribution < -0.4 is 15.6 Å². The Hall–Kier alpha value is -3.12. The predicted octanol–water partition coefficient (Wildman–Crippen LogP) is 2.48. The maximum absolute atomic E-state index is 12.6. The number of para-hydroxylation sites is 1. The Morgan fingerprint density at radius 1 is 1.04 bits per heavy atom. The summed E-state index contributed by atoms with van der Waals surface area (Å²) in [7, 11) is 0. The summed E-state index contributed by atoms with van der Waals surface area (Å²) >= 11 is 0. The van der Waals surface area contributed by atoms with E-state index in [0.717, 1.165) is 43.2 Å². The van der Waals surface area contributed by atoms with Crippen molar-refractivity contribution in [2.24, 2.45) is 0 Å². The van der Waals surface area contributed by atoms with Crippen molar-refractivity contribution in [3.05, 3.63) is 71.0 Å². The number of hydrogen-bond donors (Lipinski definition) is 1. The van der Waals surface area contributed by atoms with Crippen molar-refractivity contribution >= 4 is 28.2 Å². The first-order chi connectivity index (χ1) is 13.2. The minimum Gasteiger partial charge on any atom is -0.378 e. The number of carbonyl (C=O) groups is 1. The monoisotopic (exact) mass is 363 g/mol. The van der Waals surface area contributed by atoms with Crippen molar-refractivity contribution in [2.75, 3.05) is 36.5 Å². The standard InChI is InChI=1S/C21H21N3O3/c25-20-8-9-24(19-7-2-1-6-18(19)20)15-21(26)22-16-4-3-5-17(14-16)23-10-12-27-13-11-23/h1-9,14H,10-13,15H2,(H,22,26). The van der Waals surface area contributed by atoms with Gasteiger partial charge in [-0.1, -0.05) is 18.2 Å². The number of hydrogen-bond acceptors (Lipinski definition) is 4. The molecule has 0 unspecified atom stereocenters. The normalized spacial score (nSPS) is 14.3. The van der Waals surface area contributed by atoms with Gasteiger partial charge in [-0.3, -0.25) is 9.59 Å². The number of anilines is 2. The number of pyridine rings is 1. The lowest BCUT2D eigenvalue weighted by Crippen LogP contribution is -2.36. The number of amides is 1. The van der Waals surface area contributed by atoms with Crippen molar-refractivity contribution in [3.8, 4) is 0 Å². The summed E-state index contributed by atoms with van der Waals surface area (Å²) in [6, 6.07) is 16.6. The van der Waals surface area contributed by atoms with Gasteiger partial charge in [0.15, 0.2) is 5.43 Å². The van der Waals surface area contributed by atoms with Gasteiger partial charge in [-0.25, -0.2) is 0 Å². The van der Waals surface area contributed by atoms with Crippen LogP contribution in [0.15, 0.2) is 65.6 Å². The third-order valence-electron chi connectivity index (χ3n) is 4.70. The third kappa shape index (κ3) is 3.85. The van der Waals surface area contributed by atoms with E-state index in [9.17, 15) is 9.59 Å². The van der Waals surface area contributed by atoms with Gasteiger partial charge in [0.2, 0.25) is 5.91 Å². The summed E-state index contributed by atoms with van der Waals surface area (Å²) in [5, 5.41) is 3.57. The Morgan fingerprint density at radius 3 is 2.70 bits per heavy atom. The molecule has 2 aromatic carbocycles. The highest BCUT2D eigenvalue weighted by atomic mass is 16.5. The molecule has 2 heterocycles. The predicted molar refractivity (Wildman–Crippen MR) is 106 cm³/mol. The van der Waals surface area contributed by atoms with E-state index in [4.69, 9.17) is 4.74 Å². The van der Waals surface area contributed by atoms with Crippen LogP contribution in [0.5, 0.6) is 0 Å². The molecule has 6 nitrogen and oxygen atoms in total. The molecule has 0 aliphatic carbocycles. The number of fused-ring (bicyclic) bond motifs is 1. The molecule has 3 aromatic rings. The zero-order valence-electron chi connectivity index (χ0n) is 14.9. The van der Waals surface area contributed by atoms with Gasteiger partial charge < -0.3 is 19.5 Å². The van der Waals surface area contributed by atoms with Crippen LogP contribution in [0, 0.1) is 0 Å². The molecule has 138 valence electrons. The number of ether oxygens (including phenoxy) is 1. The topological polar surface area (TPSA) is 63.6 Å². The smallest absolute Gasteiger partial charge is 0.244 e. The van der Waals surface area contributed by atoms with Crippen LogP contribution in [-0.2, 0) is 16.1 Å². The van der Waals surface area contributed by atoms with E-state index in [1.165, 1.54) is 6.07 Å². The van der Waals surface area contributed by atoms with E-state index in [1.807, 2.05) is 42.5 Å². The molecule has 1 fully saturated rings. The second kappa shape index (κ2) is 7.63. The fourth-order valence-corrected chi connectivity index (χ4v) is 3.36. The summed E-state index contributed by atoms with van der Waals surface area (Å²) in [4.78, 5) is 26.8. The van der Waals surface area contributed by atoms with E-state index in [0.29, 0.717) is 5.39 Å². The number of benzene rings is 2. The Morgan fingerprint density at radius 2 is 1.85 bits per heavy atom. The second-order valence-electron chi connectivity index (χ2n) is 6.52. The highest BCUT2D eigenvalue weighted by Gasteiger charge is 2.12. The molecule has 1 amide bonds. The van der Waals surface area contributed by atoms with Crippen molar-refractivity contribution in [1.82, 2.24) is 4.57 Å². The molecule has 4 rings (SSSR count). The number of nitrogens with zero attached hydrogens (tertiary/aromatic N) is 2. The van der Waals surface area contributed by atoms with E-state index in [2.05, 4.69) is 10.2 Å². The molecule has 1 saturated heterocycles. The fourth-order valence-electron chi connectivity index (χ4n) is 3.36. The zero-order valence-corrected chi connectivity index (χ0v) is 14.9. The quantitative estimate of drug-likeness (QED) is 0.774. The van der Waals surface area contributed by atoms with Crippen LogP contribution >= 0.6 is 0 Å². The number of nitrogens with one attached hydrogen (secondary N) is 1. The lowest BCUT2D eigenvalue weighted by atomic mass is 10.2. The van der Waals surface area contributed by atoms with Crippen molar-refractivity contribution in [1.29, 1.82) is 0 Å². The van der Waals surface area contributed by atoms with Gasteiger partial charge in [0, 0.05) is 42.1 Å². The Kier molecular flexibility index (Phi) is 4.89. The summed E-state index contributed by atoms with van der Waals surface area (Å²) in [6.45, 7) is 3.27. The molecule has 0 saturated carbocycles. The van der Waals surface area contributed by atoms with Gasteiger partial charge >= 0.3 is 0 Å². The minimum absolute atomic E-state index is 0.0412. The average Bonchev–Trinajstić information content (AvgIpc) is 2.71. The minimum atomic E-state index is -0.136. The largest absolute Gasteiger partial charge is 0.378 e. The van der Waals surface area contributed by atoms with Gasteiger partial charge in [0.25, 0.3) is 0 Å². The molecule has 1 aliphatic rings. The highest BCUT2D eigenvalue weighted by molar-refractivity contribution is 5.92. The van der Waals surface area contributed by atoms with Gasteiger partial charge in [-0.2, -0.15) is 0 Å². The molecular formula is C21H21N3O3. The molecular weight excluding hydrogens is 342 g/mol. The highest BCUT2D eigenvalue weighted by Crippen LogP contribution is 2.20. The van der Waals surface area contributed by atoms with Crippen LogP contribution in [0.2, 0.25) is 0 Å². The Bertz CT molecular complexity index is 1020.